The molecule has 0 amide bonds. The number of hydrogen-bond donors (Lipinski definition) is 0. The highest BCUT2D eigenvalue weighted by atomic mass is 14.2. The van der Waals surface area contributed by atoms with E-state index < -0.39 is 0 Å². The molecule has 0 nitrogen and oxygen atoms in total. The van der Waals surface area contributed by atoms with Gasteiger partial charge in [0.15, 0.2) is 0 Å². The summed E-state index contributed by atoms with van der Waals surface area (Å²) in [7, 11) is 0. The van der Waals surface area contributed by atoms with Crippen LogP contribution in [0.25, 0.3) is 11.1 Å². The van der Waals surface area contributed by atoms with Crippen molar-refractivity contribution in [3.63, 3.8) is 0 Å². The van der Waals surface area contributed by atoms with E-state index in [0.717, 1.165) is 0 Å². The Balaban J connectivity index is 0.000000917. The van der Waals surface area contributed by atoms with Crippen LogP contribution in [0, 0.1) is 0 Å². The minimum Gasteiger partial charge on any atom is -0.0984 e. The molecule has 1 aliphatic rings. The maximum Gasteiger partial charge on any atom is -0.00993 e. The third kappa shape index (κ3) is 2.53. The number of benzene rings is 1. The molecule has 1 aromatic rings. The lowest BCUT2D eigenvalue weighted by molar-refractivity contribution is 1.50. The molecule has 0 radical (unpaired) electrons. The van der Waals surface area contributed by atoms with Gasteiger partial charge in [-0.2, -0.15) is 0 Å². The second-order valence-corrected chi connectivity index (χ2v) is 3.48. The van der Waals surface area contributed by atoms with Crippen molar-refractivity contribution < 1.29 is 0 Å². The minimum absolute atomic E-state index is 0. The van der Waals surface area contributed by atoms with E-state index in [1.165, 1.54) is 27.8 Å². The highest BCUT2D eigenvalue weighted by molar-refractivity contribution is 6.04. The Morgan fingerprint density at radius 3 is 1.83 bits per heavy atom. The van der Waals surface area contributed by atoms with E-state index in [2.05, 4.69) is 50.4 Å². The third-order valence-electron chi connectivity index (χ3n) is 2.78. The molecule has 0 N–H and O–H groups in total. The van der Waals surface area contributed by atoms with Gasteiger partial charge >= 0.3 is 0 Å². The lowest BCUT2D eigenvalue weighted by Crippen LogP contribution is -1.81. The van der Waals surface area contributed by atoms with Crippen LogP contribution in [0.4, 0.5) is 0 Å². The molecule has 0 saturated heterocycles. The fourth-order valence-electron chi connectivity index (χ4n) is 2.14. The molecule has 2 rings (SSSR count). The zero-order valence-corrected chi connectivity index (χ0v) is 11.0. The van der Waals surface area contributed by atoms with Gasteiger partial charge in [-0.3, -0.25) is 0 Å². The van der Waals surface area contributed by atoms with E-state index in [1.54, 1.807) is 0 Å². The lowest BCUT2D eigenvalue weighted by Gasteiger charge is -2.01. The first-order chi connectivity index (χ1) is 8.33. The van der Waals surface area contributed by atoms with Crippen molar-refractivity contribution in [2.24, 2.45) is 0 Å². The molecule has 0 aliphatic heterocycles. The summed E-state index contributed by atoms with van der Waals surface area (Å²) in [4.78, 5) is 0. The van der Waals surface area contributed by atoms with Gasteiger partial charge in [-0.25, -0.2) is 0 Å². The summed E-state index contributed by atoms with van der Waals surface area (Å²) in [5, 5.41) is 0. The molecule has 1 aromatic carbocycles. The molecule has 1 aliphatic carbocycles. The van der Waals surface area contributed by atoms with Crippen LogP contribution in [0.2, 0.25) is 0 Å². The molecule has 0 unspecified atom stereocenters. The molecular formula is C18H24. The Bertz CT molecular complexity index is 485. The van der Waals surface area contributed by atoms with E-state index in [1.807, 2.05) is 26.0 Å². The summed E-state index contributed by atoms with van der Waals surface area (Å²) in [6.07, 6.45) is 5.95. The fraction of sp³-hybridized carbons (Fsp3) is 0.222. The second kappa shape index (κ2) is 7.50. The highest BCUT2D eigenvalue weighted by Crippen LogP contribution is 2.41. The normalized spacial score (nSPS) is 14.3. The lowest BCUT2D eigenvalue weighted by atomic mass is 10.0. The van der Waals surface area contributed by atoms with Gasteiger partial charge in [0, 0.05) is 0 Å². The van der Waals surface area contributed by atoms with Crippen LogP contribution in [0.15, 0.2) is 61.2 Å². The summed E-state index contributed by atoms with van der Waals surface area (Å²) in [5.41, 5.74) is 6.18. The molecule has 0 saturated carbocycles. The Kier molecular flexibility index (Phi) is 6.74. The van der Waals surface area contributed by atoms with Gasteiger partial charge in [-0.05, 0) is 34.8 Å². The highest BCUT2D eigenvalue weighted by Gasteiger charge is 2.21. The molecule has 0 bridgehead atoms. The third-order valence-corrected chi connectivity index (χ3v) is 2.78. The van der Waals surface area contributed by atoms with Gasteiger partial charge in [0.2, 0.25) is 0 Å². The largest absolute Gasteiger partial charge is 0.0984 e. The van der Waals surface area contributed by atoms with Crippen LogP contribution in [-0.4, -0.2) is 0 Å². The molecule has 0 aromatic heterocycles. The predicted molar refractivity (Wildman–Crippen MR) is 85.5 cm³/mol. The number of fused-ring (bicyclic) bond motifs is 1. The first-order valence-electron chi connectivity index (χ1n) is 6.09. The Morgan fingerprint density at radius 1 is 0.889 bits per heavy atom. The van der Waals surface area contributed by atoms with Crippen molar-refractivity contribution in [3.05, 3.63) is 72.4 Å². The van der Waals surface area contributed by atoms with Crippen LogP contribution in [0.1, 0.15) is 39.3 Å². The van der Waals surface area contributed by atoms with Crippen molar-refractivity contribution in [2.75, 3.05) is 0 Å². The molecule has 0 heterocycles. The molecule has 18 heavy (non-hydrogen) atoms. The second-order valence-electron chi connectivity index (χ2n) is 3.48. The van der Waals surface area contributed by atoms with Gasteiger partial charge in [0.1, 0.15) is 0 Å². The topological polar surface area (TPSA) is 0 Å². The van der Waals surface area contributed by atoms with E-state index in [4.69, 9.17) is 0 Å². The Morgan fingerprint density at radius 2 is 1.39 bits per heavy atom. The molecule has 96 valence electrons. The van der Waals surface area contributed by atoms with E-state index in [0.29, 0.717) is 0 Å². The molecule has 0 atom stereocenters. The first kappa shape index (κ1) is 16.2. The van der Waals surface area contributed by atoms with Crippen LogP contribution in [-0.2, 0) is 0 Å². The standard InChI is InChI=1S/C15H14.C2H6.CH4/c1-4-11-12(5-2)14-9-7-8-10-15(14)13(11)6-3;1-2;/h4-10H,1-2H2,3H3;1-2H3;1H4/b13-6-;;. The maximum atomic E-state index is 3.88. The quantitative estimate of drug-likeness (QED) is 0.604. The van der Waals surface area contributed by atoms with Crippen LogP contribution in [0.5, 0.6) is 0 Å². The van der Waals surface area contributed by atoms with Crippen molar-refractivity contribution in [2.45, 2.75) is 28.2 Å². The van der Waals surface area contributed by atoms with Crippen molar-refractivity contribution >= 4 is 11.1 Å². The maximum absolute atomic E-state index is 3.88. The van der Waals surface area contributed by atoms with Gasteiger partial charge in [0.05, 0.1) is 0 Å². The number of hydrogen-bond acceptors (Lipinski definition) is 0. The van der Waals surface area contributed by atoms with Gasteiger partial charge in [-0.1, -0.05) is 76.9 Å². The molecule has 0 heteroatoms. The zero-order valence-electron chi connectivity index (χ0n) is 11.0. The summed E-state index contributed by atoms with van der Waals surface area (Å²) in [6, 6.07) is 8.40. The van der Waals surface area contributed by atoms with E-state index in [-0.39, 0.29) is 7.43 Å². The van der Waals surface area contributed by atoms with Crippen LogP contribution in [0.3, 0.4) is 0 Å². The summed E-state index contributed by atoms with van der Waals surface area (Å²) < 4.78 is 0. The fourth-order valence-corrected chi connectivity index (χ4v) is 2.14. The number of rotatable bonds is 2. The SMILES string of the molecule is C.C=CC1=C(C=C)c2ccccc2/C1=C\C.CC. The van der Waals surface area contributed by atoms with Crippen molar-refractivity contribution in [1.29, 1.82) is 0 Å². The van der Waals surface area contributed by atoms with E-state index >= 15 is 0 Å². The smallest absolute Gasteiger partial charge is 0.00993 e. The first-order valence-corrected chi connectivity index (χ1v) is 6.09. The summed E-state index contributed by atoms with van der Waals surface area (Å²) in [6.45, 7) is 13.8. The summed E-state index contributed by atoms with van der Waals surface area (Å²) in [5.74, 6) is 0. The molecule has 0 fully saturated rings. The monoisotopic (exact) mass is 240 g/mol. The van der Waals surface area contributed by atoms with Crippen LogP contribution < -0.4 is 0 Å². The number of allylic oxidation sites excluding steroid dienone is 6. The minimum atomic E-state index is 0. The Hall–Kier alpha value is -1.82. The van der Waals surface area contributed by atoms with Gasteiger partial charge in [0.25, 0.3) is 0 Å². The molecular weight excluding hydrogens is 216 g/mol. The van der Waals surface area contributed by atoms with Gasteiger partial charge in [-0.15, -0.1) is 0 Å². The van der Waals surface area contributed by atoms with Crippen molar-refractivity contribution in [3.8, 4) is 0 Å². The summed E-state index contributed by atoms with van der Waals surface area (Å²) >= 11 is 0. The predicted octanol–water partition coefficient (Wildman–Crippen LogP) is 5.89. The van der Waals surface area contributed by atoms with Gasteiger partial charge < -0.3 is 0 Å². The van der Waals surface area contributed by atoms with Crippen molar-refractivity contribution in [1.82, 2.24) is 0 Å². The zero-order chi connectivity index (χ0) is 12.8. The average molecular weight is 240 g/mol. The molecule has 0 spiro atoms. The average Bonchev–Trinajstić information content (AvgIpc) is 2.73. The van der Waals surface area contributed by atoms with E-state index in [9.17, 15) is 0 Å². The Labute approximate surface area is 112 Å². The van der Waals surface area contributed by atoms with Crippen LogP contribution >= 0.6 is 0 Å².